The minimum atomic E-state index is -0.660. The Hall–Kier alpha value is -2.02. The first-order valence-electron chi connectivity index (χ1n) is 9.20. The van der Waals surface area contributed by atoms with Crippen molar-refractivity contribution in [3.63, 3.8) is 0 Å². The van der Waals surface area contributed by atoms with Crippen LogP contribution in [0.2, 0.25) is 5.02 Å². The van der Waals surface area contributed by atoms with Crippen LogP contribution in [0.3, 0.4) is 0 Å². The summed E-state index contributed by atoms with van der Waals surface area (Å²) in [5, 5.41) is 6.11. The van der Waals surface area contributed by atoms with Gasteiger partial charge < -0.3 is 20.1 Å². The van der Waals surface area contributed by atoms with E-state index in [-0.39, 0.29) is 18.1 Å². The van der Waals surface area contributed by atoms with Gasteiger partial charge in [0.25, 0.3) is 0 Å². The molecule has 1 aromatic rings. The van der Waals surface area contributed by atoms with Crippen LogP contribution in [0.4, 0.5) is 4.79 Å². The Kier molecular flexibility index (Phi) is 7.30. The minimum Gasteiger partial charge on any atom is -0.474 e. The van der Waals surface area contributed by atoms with Crippen LogP contribution in [0.15, 0.2) is 18.3 Å². The summed E-state index contributed by atoms with van der Waals surface area (Å²) in [5.74, 6) is 0.340. The zero-order valence-corrected chi connectivity index (χ0v) is 17.0. The van der Waals surface area contributed by atoms with E-state index in [4.69, 9.17) is 21.1 Å². The van der Waals surface area contributed by atoms with Gasteiger partial charge >= 0.3 is 6.09 Å². The number of nitrogens with one attached hydrogen (secondary N) is 2. The number of hydrogen-bond acceptors (Lipinski definition) is 5. The van der Waals surface area contributed by atoms with Crippen molar-refractivity contribution in [2.75, 3.05) is 0 Å². The maximum Gasteiger partial charge on any atom is 0.408 e. The van der Waals surface area contributed by atoms with Crippen molar-refractivity contribution < 1.29 is 19.1 Å². The number of amides is 2. The van der Waals surface area contributed by atoms with Crippen LogP contribution in [0.1, 0.15) is 53.4 Å². The summed E-state index contributed by atoms with van der Waals surface area (Å²) in [6.45, 7) is 6.96. The van der Waals surface area contributed by atoms with Crippen LogP contribution in [-0.4, -0.2) is 40.8 Å². The molecular formula is C19H28ClN3O4. The quantitative estimate of drug-likeness (QED) is 0.794. The topological polar surface area (TPSA) is 89.5 Å². The van der Waals surface area contributed by atoms with Crippen molar-refractivity contribution in [1.82, 2.24) is 15.6 Å². The molecule has 2 amide bonds. The van der Waals surface area contributed by atoms with Crippen molar-refractivity contribution in [2.24, 2.45) is 0 Å². The highest BCUT2D eigenvalue weighted by Crippen LogP contribution is 2.23. The number of pyridine rings is 1. The molecule has 150 valence electrons. The summed E-state index contributed by atoms with van der Waals surface area (Å²) < 4.78 is 11.0. The summed E-state index contributed by atoms with van der Waals surface area (Å²) >= 11 is 5.82. The first-order valence-corrected chi connectivity index (χ1v) is 9.58. The highest BCUT2D eigenvalue weighted by Gasteiger charge is 2.26. The van der Waals surface area contributed by atoms with Crippen molar-refractivity contribution in [1.29, 1.82) is 0 Å². The fourth-order valence-corrected chi connectivity index (χ4v) is 2.92. The van der Waals surface area contributed by atoms with Crippen molar-refractivity contribution in [3.8, 4) is 5.88 Å². The van der Waals surface area contributed by atoms with E-state index in [1.165, 1.54) is 0 Å². The number of rotatable bonds is 5. The summed E-state index contributed by atoms with van der Waals surface area (Å²) in [6.07, 6.45) is 4.29. The van der Waals surface area contributed by atoms with Gasteiger partial charge in [-0.1, -0.05) is 11.6 Å². The van der Waals surface area contributed by atoms with Crippen LogP contribution >= 0.6 is 11.6 Å². The van der Waals surface area contributed by atoms with Gasteiger partial charge in [-0.25, -0.2) is 9.78 Å². The first kappa shape index (κ1) is 21.3. The normalized spacial score (nSPS) is 21.1. The number of ether oxygens (including phenoxy) is 2. The van der Waals surface area contributed by atoms with E-state index in [9.17, 15) is 9.59 Å². The summed E-state index contributed by atoms with van der Waals surface area (Å²) in [4.78, 5) is 28.2. The molecule has 1 unspecified atom stereocenters. The van der Waals surface area contributed by atoms with E-state index >= 15 is 0 Å². The molecule has 1 aromatic heterocycles. The van der Waals surface area contributed by atoms with Gasteiger partial charge in [-0.15, -0.1) is 0 Å². The molecule has 7 nitrogen and oxygen atoms in total. The van der Waals surface area contributed by atoms with Crippen molar-refractivity contribution in [3.05, 3.63) is 23.4 Å². The predicted molar refractivity (Wildman–Crippen MR) is 103 cm³/mol. The van der Waals surface area contributed by atoms with Gasteiger partial charge in [0.05, 0.1) is 5.02 Å². The van der Waals surface area contributed by atoms with Gasteiger partial charge in [0.15, 0.2) is 0 Å². The molecule has 0 bridgehead atoms. The predicted octanol–water partition coefficient (Wildman–Crippen LogP) is 3.45. The molecule has 0 aliphatic heterocycles. The fraction of sp³-hybridized carbons (Fsp3) is 0.632. The van der Waals surface area contributed by atoms with Crippen LogP contribution in [-0.2, 0) is 9.53 Å². The number of alkyl carbamates (subject to hydrolysis) is 1. The first-order chi connectivity index (χ1) is 12.6. The van der Waals surface area contributed by atoms with Gasteiger partial charge in [0, 0.05) is 18.3 Å². The molecule has 2 rings (SSSR count). The van der Waals surface area contributed by atoms with E-state index in [1.54, 1.807) is 46.0 Å². The molecule has 1 heterocycles. The van der Waals surface area contributed by atoms with Crippen LogP contribution < -0.4 is 15.4 Å². The molecule has 8 heteroatoms. The number of carbonyl (C=O) groups is 2. The summed E-state index contributed by atoms with van der Waals surface area (Å²) in [7, 11) is 0. The molecule has 1 aliphatic carbocycles. The third kappa shape index (κ3) is 7.62. The Morgan fingerprint density at radius 2 is 1.89 bits per heavy atom. The molecule has 0 aromatic carbocycles. The second-order valence-corrected chi connectivity index (χ2v) is 8.22. The average molecular weight is 398 g/mol. The van der Waals surface area contributed by atoms with E-state index < -0.39 is 17.7 Å². The lowest BCUT2D eigenvalue weighted by Crippen LogP contribution is -2.50. The average Bonchev–Trinajstić information content (AvgIpc) is 2.57. The third-order valence-electron chi connectivity index (χ3n) is 4.13. The highest BCUT2D eigenvalue weighted by molar-refractivity contribution is 6.30. The number of hydrogen-bond donors (Lipinski definition) is 2. The molecule has 1 aliphatic rings. The van der Waals surface area contributed by atoms with E-state index in [0.717, 1.165) is 25.7 Å². The maximum absolute atomic E-state index is 12.3. The molecule has 1 fully saturated rings. The minimum absolute atomic E-state index is 0.0680. The molecule has 27 heavy (non-hydrogen) atoms. The molecular weight excluding hydrogens is 370 g/mol. The summed E-state index contributed by atoms with van der Waals surface area (Å²) in [6, 6.07) is 2.90. The molecule has 2 N–H and O–H groups in total. The molecule has 0 spiro atoms. The Labute approximate surface area is 165 Å². The Morgan fingerprint density at radius 3 is 2.44 bits per heavy atom. The maximum atomic E-state index is 12.3. The number of aromatic nitrogens is 1. The third-order valence-corrected chi connectivity index (χ3v) is 4.36. The smallest absolute Gasteiger partial charge is 0.408 e. The number of halogens is 1. The van der Waals surface area contributed by atoms with Crippen LogP contribution in [0.5, 0.6) is 5.88 Å². The van der Waals surface area contributed by atoms with Crippen molar-refractivity contribution in [2.45, 2.75) is 77.2 Å². The zero-order chi connectivity index (χ0) is 20.0. The highest BCUT2D eigenvalue weighted by atomic mass is 35.5. The van der Waals surface area contributed by atoms with Gasteiger partial charge in [0.1, 0.15) is 17.7 Å². The SMILES string of the molecule is CC(NC(=O)OC(C)(C)C)C(=O)NC1CCC(Oc2ccc(Cl)cn2)CC1. The Morgan fingerprint density at radius 1 is 1.22 bits per heavy atom. The van der Waals surface area contributed by atoms with E-state index in [1.807, 2.05) is 0 Å². The number of carbonyl (C=O) groups excluding carboxylic acids is 2. The molecule has 1 atom stereocenters. The lowest BCUT2D eigenvalue weighted by atomic mass is 9.92. The standard InChI is InChI=1S/C19H28ClN3O4/c1-12(22-18(25)27-19(2,3)4)17(24)23-14-6-8-15(9-7-14)26-16-10-5-13(20)11-21-16/h5,10-12,14-15H,6-9H2,1-4H3,(H,22,25)(H,23,24). The van der Waals surface area contributed by atoms with E-state index in [2.05, 4.69) is 15.6 Å². The fourth-order valence-electron chi connectivity index (χ4n) is 2.80. The van der Waals surface area contributed by atoms with Gasteiger partial charge in [-0.05, 0) is 59.4 Å². The zero-order valence-electron chi connectivity index (χ0n) is 16.3. The second-order valence-electron chi connectivity index (χ2n) is 7.78. The van der Waals surface area contributed by atoms with Gasteiger partial charge in [0.2, 0.25) is 11.8 Å². The summed E-state index contributed by atoms with van der Waals surface area (Å²) in [5.41, 5.74) is -0.600. The lowest BCUT2D eigenvalue weighted by molar-refractivity contribution is -0.123. The molecule has 1 saturated carbocycles. The monoisotopic (exact) mass is 397 g/mol. The number of nitrogens with zero attached hydrogens (tertiary/aromatic N) is 1. The lowest BCUT2D eigenvalue weighted by Gasteiger charge is -2.30. The Balaban J connectivity index is 1.72. The van der Waals surface area contributed by atoms with Crippen LogP contribution in [0, 0.1) is 0 Å². The van der Waals surface area contributed by atoms with Crippen molar-refractivity contribution >= 4 is 23.6 Å². The van der Waals surface area contributed by atoms with Gasteiger partial charge in [-0.2, -0.15) is 0 Å². The molecule has 0 radical (unpaired) electrons. The largest absolute Gasteiger partial charge is 0.474 e. The molecule has 0 saturated heterocycles. The van der Waals surface area contributed by atoms with Gasteiger partial charge in [-0.3, -0.25) is 4.79 Å². The van der Waals surface area contributed by atoms with E-state index in [0.29, 0.717) is 10.9 Å². The Bertz CT molecular complexity index is 637. The second kappa shape index (κ2) is 9.26. The van der Waals surface area contributed by atoms with Crippen LogP contribution in [0.25, 0.3) is 0 Å².